The largest absolute Gasteiger partial charge is 0.416 e. The van der Waals surface area contributed by atoms with Crippen LogP contribution in [0.25, 0.3) is 0 Å². The Bertz CT molecular complexity index is 595. The molecule has 0 aromatic heterocycles. The lowest BCUT2D eigenvalue weighted by Gasteiger charge is -2.19. The van der Waals surface area contributed by atoms with Crippen LogP contribution in [0.2, 0.25) is 0 Å². The van der Waals surface area contributed by atoms with Gasteiger partial charge in [-0.1, -0.05) is 11.1 Å². The van der Waals surface area contributed by atoms with Crippen LogP contribution >= 0.6 is 0 Å². The molecule has 0 aliphatic carbocycles. The van der Waals surface area contributed by atoms with Crippen molar-refractivity contribution in [1.82, 2.24) is 0 Å². The normalized spacial score (nSPS) is 16.4. The number of rotatable bonds is 0. The molecular weight excluding hydrogens is 296 g/mol. The molecule has 0 saturated carbocycles. The highest BCUT2D eigenvalue weighted by atomic mass is 19.4. The number of fused-ring (bicyclic) bond motifs is 1. The minimum atomic E-state index is -4.83. The van der Waals surface area contributed by atoms with Gasteiger partial charge in [0.25, 0.3) is 0 Å². The molecule has 0 atom stereocenters. The van der Waals surface area contributed by atoms with E-state index in [2.05, 4.69) is 5.32 Å². The van der Waals surface area contributed by atoms with Gasteiger partial charge in [0.2, 0.25) is 0 Å². The number of benzene rings is 1. The van der Waals surface area contributed by atoms with Crippen LogP contribution in [0.15, 0.2) is 23.3 Å². The molecule has 1 nitrogen and oxygen atoms in total. The molecule has 1 heterocycles. The summed E-state index contributed by atoms with van der Waals surface area (Å²) < 4.78 is 77.6. The molecule has 1 N–H and O–H groups in total. The van der Waals surface area contributed by atoms with Crippen molar-refractivity contribution in [3.05, 3.63) is 40.0 Å². The number of halogens is 6. The predicted octanol–water partition coefficient (Wildman–Crippen LogP) is 5.03. The van der Waals surface area contributed by atoms with Crippen LogP contribution in [0.1, 0.15) is 30.5 Å². The Morgan fingerprint density at radius 2 is 1.52 bits per heavy atom. The highest BCUT2D eigenvalue weighted by Gasteiger charge is 2.39. The fraction of sp³-hybridized carbons (Fsp3) is 0.429. The van der Waals surface area contributed by atoms with Gasteiger partial charge in [-0.3, -0.25) is 0 Å². The standard InChI is InChI=1S/C14H13F6N/c1-7-3-10-11(14(18,19)20)4-9(13(15,16)17)5-12(10)21-6-8(7)2/h4-5,21H,3,6H2,1-2H3. The lowest BCUT2D eigenvalue weighted by Crippen LogP contribution is -2.15. The Morgan fingerprint density at radius 1 is 0.905 bits per heavy atom. The molecule has 2 rings (SSSR count). The average molecular weight is 309 g/mol. The molecule has 7 heteroatoms. The fourth-order valence-corrected chi connectivity index (χ4v) is 2.23. The molecule has 0 radical (unpaired) electrons. The van der Waals surface area contributed by atoms with E-state index in [-0.39, 0.29) is 30.3 Å². The minimum absolute atomic E-state index is 0.0128. The molecule has 1 aromatic carbocycles. The quantitative estimate of drug-likeness (QED) is 0.523. The Morgan fingerprint density at radius 3 is 2.05 bits per heavy atom. The lowest BCUT2D eigenvalue weighted by atomic mass is 9.95. The van der Waals surface area contributed by atoms with Gasteiger partial charge in [-0.15, -0.1) is 0 Å². The monoisotopic (exact) mass is 309 g/mol. The van der Waals surface area contributed by atoms with Crippen molar-refractivity contribution >= 4 is 5.69 Å². The number of hydrogen-bond donors (Lipinski definition) is 1. The van der Waals surface area contributed by atoms with Crippen molar-refractivity contribution in [2.24, 2.45) is 0 Å². The fourth-order valence-electron chi connectivity index (χ4n) is 2.23. The van der Waals surface area contributed by atoms with Gasteiger partial charge in [0, 0.05) is 12.2 Å². The van der Waals surface area contributed by atoms with Crippen molar-refractivity contribution in [3.63, 3.8) is 0 Å². The zero-order chi connectivity index (χ0) is 16.0. The summed E-state index contributed by atoms with van der Waals surface area (Å²) in [5.74, 6) is 0. The second-order valence-corrected chi connectivity index (χ2v) is 5.14. The maximum absolute atomic E-state index is 13.1. The van der Waals surface area contributed by atoms with E-state index in [0.717, 1.165) is 17.2 Å². The average Bonchev–Trinajstić information content (AvgIpc) is 2.46. The zero-order valence-corrected chi connectivity index (χ0v) is 11.3. The second kappa shape index (κ2) is 4.96. The van der Waals surface area contributed by atoms with Crippen LogP contribution in [0, 0.1) is 0 Å². The maximum atomic E-state index is 13.1. The van der Waals surface area contributed by atoms with Crippen molar-refractivity contribution in [1.29, 1.82) is 0 Å². The van der Waals surface area contributed by atoms with E-state index in [9.17, 15) is 26.3 Å². The maximum Gasteiger partial charge on any atom is 0.416 e. The van der Waals surface area contributed by atoms with Gasteiger partial charge in [0.05, 0.1) is 11.1 Å². The SMILES string of the molecule is CC1=C(C)Cc2c(cc(C(F)(F)F)cc2C(F)(F)F)NC1. The zero-order valence-electron chi connectivity index (χ0n) is 11.3. The van der Waals surface area contributed by atoms with Gasteiger partial charge in [-0.25, -0.2) is 0 Å². The van der Waals surface area contributed by atoms with Gasteiger partial charge in [0.1, 0.15) is 0 Å². The molecule has 0 amide bonds. The molecular formula is C14H13F6N. The van der Waals surface area contributed by atoms with E-state index in [1.54, 1.807) is 13.8 Å². The molecule has 0 unspecified atom stereocenters. The molecule has 1 aromatic rings. The second-order valence-electron chi connectivity index (χ2n) is 5.14. The first-order valence-electron chi connectivity index (χ1n) is 6.20. The summed E-state index contributed by atoms with van der Waals surface area (Å²) >= 11 is 0. The Balaban J connectivity index is 2.68. The van der Waals surface area contributed by atoms with Crippen LogP contribution < -0.4 is 5.32 Å². The predicted molar refractivity (Wildman–Crippen MR) is 67.0 cm³/mol. The highest BCUT2D eigenvalue weighted by Crippen LogP contribution is 2.42. The van der Waals surface area contributed by atoms with Crippen molar-refractivity contribution in [2.45, 2.75) is 32.6 Å². The van der Waals surface area contributed by atoms with Gasteiger partial charge in [0.15, 0.2) is 0 Å². The first-order valence-corrected chi connectivity index (χ1v) is 6.20. The van der Waals surface area contributed by atoms with Gasteiger partial charge in [-0.2, -0.15) is 26.3 Å². The lowest BCUT2D eigenvalue weighted by molar-refractivity contribution is -0.143. The van der Waals surface area contributed by atoms with Crippen LogP contribution in [0.4, 0.5) is 32.0 Å². The summed E-state index contributed by atoms with van der Waals surface area (Å²) in [6.07, 6.45) is -9.66. The smallest absolute Gasteiger partial charge is 0.381 e. The van der Waals surface area contributed by atoms with Crippen LogP contribution in [0.5, 0.6) is 0 Å². The molecule has 116 valence electrons. The highest BCUT2D eigenvalue weighted by molar-refractivity contribution is 5.61. The van der Waals surface area contributed by atoms with Crippen LogP contribution in [0.3, 0.4) is 0 Å². The summed E-state index contributed by atoms with van der Waals surface area (Å²) in [5.41, 5.74) is -1.20. The first-order chi connectivity index (χ1) is 9.50. The number of alkyl halides is 6. The third kappa shape index (κ3) is 3.16. The topological polar surface area (TPSA) is 12.0 Å². The molecule has 0 spiro atoms. The molecule has 1 aliphatic heterocycles. The Labute approximate surface area is 117 Å². The van der Waals surface area contributed by atoms with Crippen molar-refractivity contribution in [3.8, 4) is 0 Å². The summed E-state index contributed by atoms with van der Waals surface area (Å²) in [6.45, 7) is 3.66. The van der Waals surface area contributed by atoms with E-state index >= 15 is 0 Å². The summed E-state index contributed by atoms with van der Waals surface area (Å²) in [6, 6.07) is 0.935. The van der Waals surface area contributed by atoms with E-state index in [1.807, 2.05) is 0 Å². The number of hydrogen-bond acceptors (Lipinski definition) is 1. The van der Waals surface area contributed by atoms with Crippen LogP contribution in [-0.4, -0.2) is 6.54 Å². The Kier molecular flexibility index (Phi) is 3.71. The third-order valence-corrected chi connectivity index (χ3v) is 3.60. The van der Waals surface area contributed by atoms with E-state index in [1.165, 1.54) is 0 Å². The van der Waals surface area contributed by atoms with E-state index < -0.39 is 23.5 Å². The minimum Gasteiger partial charge on any atom is -0.381 e. The van der Waals surface area contributed by atoms with Gasteiger partial charge >= 0.3 is 12.4 Å². The van der Waals surface area contributed by atoms with Crippen molar-refractivity contribution < 1.29 is 26.3 Å². The molecule has 0 bridgehead atoms. The molecule has 1 aliphatic rings. The van der Waals surface area contributed by atoms with Crippen LogP contribution in [-0.2, 0) is 18.8 Å². The molecule has 0 fully saturated rings. The van der Waals surface area contributed by atoms with Gasteiger partial charge < -0.3 is 5.32 Å². The number of nitrogens with one attached hydrogen (secondary N) is 1. The molecule has 21 heavy (non-hydrogen) atoms. The Hall–Kier alpha value is -1.66. The third-order valence-electron chi connectivity index (χ3n) is 3.60. The molecule has 0 saturated heterocycles. The number of anilines is 1. The summed E-state index contributed by atoms with van der Waals surface area (Å²) in [7, 11) is 0. The number of allylic oxidation sites excluding steroid dienone is 1. The van der Waals surface area contributed by atoms with E-state index in [0.29, 0.717) is 0 Å². The van der Waals surface area contributed by atoms with Crippen molar-refractivity contribution in [2.75, 3.05) is 11.9 Å². The summed E-state index contributed by atoms with van der Waals surface area (Å²) in [5, 5.41) is 2.67. The van der Waals surface area contributed by atoms with Gasteiger partial charge in [-0.05, 0) is 38.0 Å². The van der Waals surface area contributed by atoms with E-state index in [4.69, 9.17) is 0 Å². The summed E-state index contributed by atoms with van der Waals surface area (Å²) in [4.78, 5) is 0. The first kappa shape index (κ1) is 15.7.